The van der Waals surface area contributed by atoms with Crippen LogP contribution in [0.5, 0.6) is 5.75 Å². The molecule has 0 saturated carbocycles. The standard InChI is InChI=1S/C12H15NO3/c14-10-3-1-9(2-4-10)7-12(16)13-6-5-11(15)8-13/h1-4,11,14-15H,5-8H2. The highest BCUT2D eigenvalue weighted by atomic mass is 16.3. The van der Waals surface area contributed by atoms with E-state index in [0.29, 0.717) is 25.9 Å². The Bertz CT molecular complexity index is 374. The average Bonchev–Trinajstić information content (AvgIpc) is 2.68. The molecule has 1 aromatic rings. The highest BCUT2D eigenvalue weighted by molar-refractivity contribution is 5.79. The lowest BCUT2D eigenvalue weighted by molar-refractivity contribution is -0.129. The monoisotopic (exact) mass is 221 g/mol. The van der Waals surface area contributed by atoms with Crippen molar-refractivity contribution in [3.05, 3.63) is 29.8 Å². The largest absolute Gasteiger partial charge is 0.508 e. The van der Waals surface area contributed by atoms with Crippen molar-refractivity contribution in [1.82, 2.24) is 4.90 Å². The number of hydrogen-bond acceptors (Lipinski definition) is 3. The summed E-state index contributed by atoms with van der Waals surface area (Å²) in [5.41, 5.74) is 0.879. The quantitative estimate of drug-likeness (QED) is 0.765. The van der Waals surface area contributed by atoms with Crippen LogP contribution < -0.4 is 0 Å². The molecule has 0 radical (unpaired) electrons. The predicted octanol–water partition coefficient (Wildman–Crippen LogP) is 0.528. The number of hydrogen-bond donors (Lipinski definition) is 2. The summed E-state index contributed by atoms with van der Waals surface area (Å²) in [6.07, 6.45) is 0.623. The third-order valence-corrected chi connectivity index (χ3v) is 2.81. The van der Waals surface area contributed by atoms with Crippen molar-refractivity contribution in [1.29, 1.82) is 0 Å². The lowest BCUT2D eigenvalue weighted by Crippen LogP contribution is -2.30. The van der Waals surface area contributed by atoms with Gasteiger partial charge in [0.05, 0.1) is 12.5 Å². The van der Waals surface area contributed by atoms with Crippen molar-refractivity contribution in [3.63, 3.8) is 0 Å². The van der Waals surface area contributed by atoms with Crippen LogP contribution in [0.4, 0.5) is 0 Å². The van der Waals surface area contributed by atoms with E-state index in [1.807, 2.05) is 0 Å². The van der Waals surface area contributed by atoms with Gasteiger partial charge < -0.3 is 15.1 Å². The van der Waals surface area contributed by atoms with Gasteiger partial charge in [-0.3, -0.25) is 4.79 Å². The van der Waals surface area contributed by atoms with Crippen LogP contribution in [-0.2, 0) is 11.2 Å². The van der Waals surface area contributed by atoms with Crippen LogP contribution in [0.1, 0.15) is 12.0 Å². The molecule has 2 N–H and O–H groups in total. The number of carbonyl (C=O) groups excluding carboxylic acids is 1. The SMILES string of the molecule is O=C(Cc1ccc(O)cc1)N1CCC(O)C1. The topological polar surface area (TPSA) is 60.8 Å². The zero-order valence-corrected chi connectivity index (χ0v) is 8.97. The van der Waals surface area contributed by atoms with Gasteiger partial charge in [0.25, 0.3) is 0 Å². The van der Waals surface area contributed by atoms with E-state index >= 15 is 0 Å². The molecule has 1 aliphatic rings. The minimum Gasteiger partial charge on any atom is -0.508 e. The van der Waals surface area contributed by atoms with Crippen LogP contribution in [0.3, 0.4) is 0 Å². The molecule has 4 heteroatoms. The summed E-state index contributed by atoms with van der Waals surface area (Å²) in [5.74, 6) is 0.232. The molecule has 1 heterocycles. The Morgan fingerprint density at radius 2 is 2.06 bits per heavy atom. The first-order valence-electron chi connectivity index (χ1n) is 5.39. The molecule has 16 heavy (non-hydrogen) atoms. The third-order valence-electron chi connectivity index (χ3n) is 2.81. The van der Waals surface area contributed by atoms with Gasteiger partial charge in [-0.2, -0.15) is 0 Å². The zero-order chi connectivity index (χ0) is 11.5. The van der Waals surface area contributed by atoms with E-state index in [2.05, 4.69) is 0 Å². The lowest BCUT2D eigenvalue weighted by Gasteiger charge is -2.15. The number of rotatable bonds is 2. The van der Waals surface area contributed by atoms with E-state index in [9.17, 15) is 9.90 Å². The minimum atomic E-state index is -0.372. The van der Waals surface area contributed by atoms with Gasteiger partial charge in [0.1, 0.15) is 5.75 Å². The van der Waals surface area contributed by atoms with Crippen molar-refractivity contribution in [2.75, 3.05) is 13.1 Å². The predicted molar refractivity (Wildman–Crippen MR) is 59.0 cm³/mol. The number of likely N-dealkylation sites (tertiary alicyclic amines) is 1. The number of nitrogens with zero attached hydrogens (tertiary/aromatic N) is 1. The van der Waals surface area contributed by atoms with Gasteiger partial charge in [0.15, 0.2) is 0 Å². The van der Waals surface area contributed by atoms with Crippen molar-refractivity contribution in [2.45, 2.75) is 18.9 Å². The lowest BCUT2D eigenvalue weighted by atomic mass is 10.1. The van der Waals surface area contributed by atoms with Crippen molar-refractivity contribution < 1.29 is 15.0 Å². The first-order valence-corrected chi connectivity index (χ1v) is 5.39. The maximum absolute atomic E-state index is 11.8. The van der Waals surface area contributed by atoms with Gasteiger partial charge in [-0.25, -0.2) is 0 Å². The third kappa shape index (κ3) is 2.52. The Hall–Kier alpha value is -1.55. The number of aliphatic hydroxyl groups is 1. The van der Waals surface area contributed by atoms with Gasteiger partial charge in [-0.05, 0) is 24.1 Å². The van der Waals surface area contributed by atoms with E-state index < -0.39 is 0 Å². The molecule has 0 aromatic heterocycles. The number of phenols is 1. The summed E-state index contributed by atoms with van der Waals surface area (Å²) in [6.45, 7) is 1.08. The van der Waals surface area contributed by atoms with Crippen molar-refractivity contribution >= 4 is 5.91 Å². The van der Waals surface area contributed by atoms with Gasteiger partial charge in [0.2, 0.25) is 5.91 Å². The minimum absolute atomic E-state index is 0.0299. The Morgan fingerprint density at radius 3 is 2.62 bits per heavy atom. The Morgan fingerprint density at radius 1 is 1.38 bits per heavy atom. The first kappa shape index (κ1) is 11.0. The molecule has 1 unspecified atom stereocenters. The molecule has 1 amide bonds. The number of aromatic hydroxyl groups is 1. The molecule has 1 fully saturated rings. The average molecular weight is 221 g/mol. The number of benzene rings is 1. The Balaban J connectivity index is 1.94. The van der Waals surface area contributed by atoms with Crippen LogP contribution in [0, 0.1) is 0 Å². The van der Waals surface area contributed by atoms with E-state index in [1.54, 1.807) is 29.2 Å². The summed E-state index contributed by atoms with van der Waals surface area (Å²) >= 11 is 0. The highest BCUT2D eigenvalue weighted by Gasteiger charge is 2.24. The number of amides is 1. The number of carbonyl (C=O) groups is 1. The fourth-order valence-corrected chi connectivity index (χ4v) is 1.87. The van der Waals surface area contributed by atoms with Gasteiger partial charge in [-0.15, -0.1) is 0 Å². The van der Waals surface area contributed by atoms with Gasteiger partial charge >= 0.3 is 0 Å². The molecule has 1 atom stereocenters. The van der Waals surface area contributed by atoms with Crippen LogP contribution in [-0.4, -0.2) is 40.2 Å². The molecule has 0 bridgehead atoms. The Kier molecular flexibility index (Phi) is 3.10. The second kappa shape index (κ2) is 4.53. The summed E-state index contributed by atoms with van der Waals surface area (Å²) in [7, 11) is 0. The fraction of sp³-hybridized carbons (Fsp3) is 0.417. The second-order valence-electron chi connectivity index (χ2n) is 4.13. The Labute approximate surface area is 94.1 Å². The molecule has 1 aliphatic heterocycles. The number of aliphatic hydroxyl groups excluding tert-OH is 1. The summed E-state index contributed by atoms with van der Waals surface area (Å²) in [6, 6.07) is 6.61. The second-order valence-corrected chi connectivity index (χ2v) is 4.13. The molecule has 0 spiro atoms. The number of β-amino-alcohol motifs (C(OH)–C–C–N with tert-alkyl or cyclic N) is 1. The van der Waals surface area contributed by atoms with Gasteiger partial charge in [-0.1, -0.05) is 12.1 Å². The van der Waals surface area contributed by atoms with Crippen molar-refractivity contribution in [3.8, 4) is 5.75 Å². The fourth-order valence-electron chi connectivity index (χ4n) is 1.87. The molecule has 0 aliphatic carbocycles. The molecule has 2 rings (SSSR count). The smallest absolute Gasteiger partial charge is 0.227 e. The first-order chi connectivity index (χ1) is 7.65. The molecule has 4 nitrogen and oxygen atoms in total. The summed E-state index contributed by atoms with van der Waals surface area (Å²) in [4.78, 5) is 13.5. The molecular weight excluding hydrogens is 206 g/mol. The summed E-state index contributed by atoms with van der Waals surface area (Å²) < 4.78 is 0. The highest BCUT2D eigenvalue weighted by Crippen LogP contribution is 2.13. The van der Waals surface area contributed by atoms with E-state index in [-0.39, 0.29) is 17.8 Å². The molecular formula is C12H15NO3. The van der Waals surface area contributed by atoms with Crippen LogP contribution in [0.25, 0.3) is 0 Å². The zero-order valence-electron chi connectivity index (χ0n) is 8.97. The van der Waals surface area contributed by atoms with Crippen LogP contribution >= 0.6 is 0 Å². The van der Waals surface area contributed by atoms with E-state index in [1.165, 1.54) is 0 Å². The number of phenolic OH excluding ortho intramolecular Hbond substituents is 1. The van der Waals surface area contributed by atoms with Crippen LogP contribution in [0.2, 0.25) is 0 Å². The maximum atomic E-state index is 11.8. The van der Waals surface area contributed by atoms with Crippen LogP contribution in [0.15, 0.2) is 24.3 Å². The molecule has 1 aromatic carbocycles. The molecule has 86 valence electrons. The molecule has 1 saturated heterocycles. The van der Waals surface area contributed by atoms with E-state index in [0.717, 1.165) is 5.56 Å². The van der Waals surface area contributed by atoms with E-state index in [4.69, 9.17) is 5.11 Å². The van der Waals surface area contributed by atoms with Crippen molar-refractivity contribution in [2.24, 2.45) is 0 Å². The summed E-state index contributed by atoms with van der Waals surface area (Å²) in [5, 5.41) is 18.4. The normalized spacial score (nSPS) is 20.1. The maximum Gasteiger partial charge on any atom is 0.227 e. The van der Waals surface area contributed by atoms with Gasteiger partial charge in [0, 0.05) is 13.1 Å².